The number of esters is 1. The molecule has 0 aliphatic heterocycles. The van der Waals surface area contributed by atoms with Crippen LogP contribution in [0, 0.1) is 17.3 Å². The summed E-state index contributed by atoms with van der Waals surface area (Å²) in [4.78, 5) is 24.0. The van der Waals surface area contributed by atoms with Crippen LogP contribution >= 0.6 is 0 Å². The lowest BCUT2D eigenvalue weighted by atomic mass is 9.70. The van der Waals surface area contributed by atoms with Crippen molar-refractivity contribution in [3.8, 4) is 0 Å². The van der Waals surface area contributed by atoms with Gasteiger partial charge in [-0.05, 0) is 63.4 Å². The maximum absolute atomic E-state index is 12.8. The smallest absolute Gasteiger partial charge is 0.302 e. The number of hydrogen-bond donors (Lipinski definition) is 0. The van der Waals surface area contributed by atoms with Gasteiger partial charge in [-0.15, -0.1) is 0 Å². The molecular formula is C22H32O3. The van der Waals surface area contributed by atoms with E-state index < -0.39 is 0 Å². The fourth-order valence-electron chi connectivity index (χ4n) is 4.29. The molecule has 3 nitrogen and oxygen atoms in total. The van der Waals surface area contributed by atoms with E-state index in [0.717, 1.165) is 37.7 Å². The number of ether oxygens (including phenoxy) is 1. The maximum Gasteiger partial charge on any atom is 0.302 e. The number of ketones is 1. The van der Waals surface area contributed by atoms with Gasteiger partial charge in [0.1, 0.15) is 12.4 Å². The Bertz CT molecular complexity index is 611. The van der Waals surface area contributed by atoms with E-state index in [-0.39, 0.29) is 17.3 Å². The van der Waals surface area contributed by atoms with Crippen molar-refractivity contribution in [2.24, 2.45) is 17.3 Å². The summed E-state index contributed by atoms with van der Waals surface area (Å²) in [5.41, 5.74) is 3.31. The van der Waals surface area contributed by atoms with E-state index in [2.05, 4.69) is 32.6 Å². The van der Waals surface area contributed by atoms with Crippen LogP contribution in [-0.2, 0) is 14.3 Å². The van der Waals surface area contributed by atoms with Crippen molar-refractivity contribution in [2.45, 2.75) is 66.2 Å². The number of allylic oxidation sites excluding steroid dienone is 4. The van der Waals surface area contributed by atoms with Gasteiger partial charge < -0.3 is 4.74 Å². The Morgan fingerprint density at radius 2 is 2.04 bits per heavy atom. The number of carbonyl (C=O) groups excluding carboxylic acids is 2. The van der Waals surface area contributed by atoms with Crippen LogP contribution in [0.4, 0.5) is 0 Å². The van der Waals surface area contributed by atoms with Crippen molar-refractivity contribution >= 4 is 11.8 Å². The fourth-order valence-corrected chi connectivity index (χ4v) is 4.29. The molecule has 2 aliphatic rings. The minimum Gasteiger partial charge on any atom is -0.461 e. The molecule has 0 aromatic rings. The monoisotopic (exact) mass is 344 g/mol. The predicted octanol–water partition coefficient (Wildman–Crippen LogP) is 5.17. The van der Waals surface area contributed by atoms with Crippen LogP contribution in [-0.4, -0.2) is 18.4 Å². The fraction of sp³-hybridized carbons (Fsp3) is 0.636. The summed E-state index contributed by atoms with van der Waals surface area (Å²) in [6.07, 6.45) is 9.69. The zero-order valence-corrected chi connectivity index (χ0v) is 16.2. The van der Waals surface area contributed by atoms with Crippen LogP contribution < -0.4 is 0 Å². The standard InChI is InChI=1S/C22H32O3/c1-15(2)19-13-21(24)22(5)12-11-16(3)7-6-8-18(9-10-20(19)22)14-25-17(4)23/h8,11,19-20H,1,6-7,9-10,12-14H2,2-5H3/b16-11+,18-8-/t19-,20+,22-/m1/s1. The van der Waals surface area contributed by atoms with Crippen molar-refractivity contribution in [3.05, 3.63) is 35.5 Å². The summed E-state index contributed by atoms with van der Waals surface area (Å²) >= 11 is 0. The van der Waals surface area contributed by atoms with Gasteiger partial charge in [-0.3, -0.25) is 9.59 Å². The molecule has 3 atom stereocenters. The van der Waals surface area contributed by atoms with Crippen LogP contribution in [0.15, 0.2) is 35.5 Å². The Balaban J connectivity index is 2.29. The van der Waals surface area contributed by atoms with Crippen molar-refractivity contribution in [1.82, 2.24) is 0 Å². The van der Waals surface area contributed by atoms with Crippen LogP contribution in [0.1, 0.15) is 66.2 Å². The molecule has 0 amide bonds. The number of fused-ring (bicyclic) bond motifs is 1. The first-order valence-corrected chi connectivity index (χ1v) is 9.39. The van der Waals surface area contributed by atoms with Crippen molar-refractivity contribution in [3.63, 3.8) is 0 Å². The minimum atomic E-state index is -0.304. The average molecular weight is 344 g/mol. The van der Waals surface area contributed by atoms with E-state index in [9.17, 15) is 9.59 Å². The summed E-state index contributed by atoms with van der Waals surface area (Å²) in [6, 6.07) is 0. The van der Waals surface area contributed by atoms with Gasteiger partial charge in [0.25, 0.3) is 0 Å². The Morgan fingerprint density at radius 1 is 1.32 bits per heavy atom. The van der Waals surface area contributed by atoms with Gasteiger partial charge in [0.15, 0.2) is 0 Å². The highest BCUT2D eigenvalue weighted by molar-refractivity contribution is 5.88. The molecule has 3 heteroatoms. The quantitative estimate of drug-likeness (QED) is 0.524. The molecule has 0 heterocycles. The van der Waals surface area contributed by atoms with Crippen LogP contribution in [0.2, 0.25) is 0 Å². The van der Waals surface area contributed by atoms with Crippen molar-refractivity contribution in [1.29, 1.82) is 0 Å². The summed E-state index contributed by atoms with van der Waals surface area (Å²) in [6.45, 7) is 12.3. The van der Waals surface area contributed by atoms with Gasteiger partial charge in [-0.2, -0.15) is 0 Å². The Hall–Kier alpha value is -1.64. The highest BCUT2D eigenvalue weighted by Crippen LogP contribution is 2.51. The van der Waals surface area contributed by atoms with Gasteiger partial charge in [-0.25, -0.2) is 0 Å². The molecule has 138 valence electrons. The summed E-state index contributed by atoms with van der Waals surface area (Å²) in [5, 5.41) is 0. The maximum atomic E-state index is 12.8. The van der Waals surface area contributed by atoms with Gasteiger partial charge in [0.05, 0.1) is 0 Å². The molecule has 0 N–H and O–H groups in total. The number of carbonyl (C=O) groups is 2. The van der Waals surface area contributed by atoms with E-state index >= 15 is 0 Å². The van der Waals surface area contributed by atoms with E-state index in [1.54, 1.807) is 0 Å². The Labute approximate surface area is 152 Å². The topological polar surface area (TPSA) is 43.4 Å². The third kappa shape index (κ3) is 4.71. The lowest BCUT2D eigenvalue weighted by Gasteiger charge is -2.33. The minimum absolute atomic E-state index is 0.244. The summed E-state index contributed by atoms with van der Waals surface area (Å²) < 4.78 is 5.23. The first kappa shape index (κ1) is 19.7. The van der Waals surface area contributed by atoms with Gasteiger partial charge in [-0.1, -0.05) is 36.8 Å². The largest absolute Gasteiger partial charge is 0.461 e. The second-order valence-electron chi connectivity index (χ2n) is 8.08. The third-order valence-electron chi connectivity index (χ3n) is 6.06. The SMILES string of the molecule is C=C(C)[C@H]1CC(=O)[C@]2(C)C/C=C(\C)CC/C=C(\COC(C)=O)CC[C@@H]12. The van der Waals surface area contributed by atoms with Crippen LogP contribution in [0.25, 0.3) is 0 Å². The van der Waals surface area contributed by atoms with E-state index in [1.807, 2.05) is 6.92 Å². The van der Waals surface area contributed by atoms with Crippen molar-refractivity contribution < 1.29 is 14.3 Å². The van der Waals surface area contributed by atoms with E-state index in [0.29, 0.717) is 24.7 Å². The highest BCUT2D eigenvalue weighted by Gasteiger charge is 2.50. The second kappa shape index (κ2) is 8.16. The molecule has 25 heavy (non-hydrogen) atoms. The molecule has 1 fully saturated rings. The van der Waals surface area contributed by atoms with Gasteiger partial charge >= 0.3 is 5.97 Å². The Kier molecular flexibility index (Phi) is 6.42. The lowest BCUT2D eigenvalue weighted by molar-refractivity contribution is -0.140. The lowest BCUT2D eigenvalue weighted by Crippen LogP contribution is -2.30. The number of rotatable bonds is 3. The highest BCUT2D eigenvalue weighted by atomic mass is 16.5. The predicted molar refractivity (Wildman–Crippen MR) is 101 cm³/mol. The van der Waals surface area contributed by atoms with E-state index in [1.165, 1.54) is 18.1 Å². The molecule has 0 aromatic heterocycles. The number of hydrogen-bond acceptors (Lipinski definition) is 3. The molecule has 0 unspecified atom stereocenters. The zero-order valence-electron chi connectivity index (χ0n) is 16.2. The Morgan fingerprint density at radius 3 is 2.68 bits per heavy atom. The average Bonchev–Trinajstić information content (AvgIpc) is 2.78. The molecule has 0 aromatic carbocycles. The summed E-state index contributed by atoms with van der Waals surface area (Å²) in [5.74, 6) is 0.702. The van der Waals surface area contributed by atoms with Gasteiger partial charge in [0.2, 0.25) is 0 Å². The molecule has 0 radical (unpaired) electrons. The second-order valence-corrected chi connectivity index (χ2v) is 8.08. The van der Waals surface area contributed by atoms with Gasteiger partial charge in [0, 0.05) is 18.8 Å². The first-order valence-electron chi connectivity index (χ1n) is 9.39. The van der Waals surface area contributed by atoms with Crippen LogP contribution in [0.3, 0.4) is 0 Å². The van der Waals surface area contributed by atoms with Crippen LogP contribution in [0.5, 0.6) is 0 Å². The summed E-state index contributed by atoms with van der Waals surface area (Å²) in [7, 11) is 0. The molecule has 0 saturated heterocycles. The zero-order chi connectivity index (χ0) is 18.6. The molecule has 0 spiro atoms. The third-order valence-corrected chi connectivity index (χ3v) is 6.06. The molecule has 0 bridgehead atoms. The molecule has 2 rings (SSSR count). The molecule has 2 aliphatic carbocycles. The molecule has 1 saturated carbocycles. The number of Topliss-reactive ketones (excluding diaryl/α,β-unsaturated/α-hetero) is 1. The van der Waals surface area contributed by atoms with E-state index in [4.69, 9.17) is 4.74 Å². The normalized spacial score (nSPS) is 34.8. The first-order chi connectivity index (χ1) is 11.7. The molecular weight excluding hydrogens is 312 g/mol. The van der Waals surface area contributed by atoms with Crippen molar-refractivity contribution in [2.75, 3.05) is 6.61 Å².